The number of carbonyl (C=O) groups excluding carboxylic acids is 1. The van der Waals surface area contributed by atoms with Gasteiger partial charge in [-0.25, -0.2) is 0 Å². The smallest absolute Gasteiger partial charge is 0.255 e. The maximum Gasteiger partial charge on any atom is 0.255 e. The highest BCUT2D eigenvalue weighted by molar-refractivity contribution is 14.1. The molecule has 4 aromatic rings. The molecule has 2 nitrogen and oxygen atoms in total. The van der Waals surface area contributed by atoms with E-state index in [4.69, 9.17) is 0 Å². The second-order valence-corrected chi connectivity index (χ2v) is 9.50. The van der Waals surface area contributed by atoms with Crippen molar-refractivity contribution in [2.75, 3.05) is 0 Å². The third kappa shape index (κ3) is 3.87. The third-order valence-electron chi connectivity index (χ3n) is 6.42. The van der Waals surface area contributed by atoms with Crippen LogP contribution in [0.15, 0.2) is 84.9 Å². The van der Waals surface area contributed by atoms with E-state index in [2.05, 4.69) is 107 Å². The average molecular weight is 517 g/mol. The van der Waals surface area contributed by atoms with Crippen molar-refractivity contribution in [1.29, 1.82) is 0 Å². The number of aryl methyl sites for hydroxylation is 1. The Morgan fingerprint density at radius 2 is 1.52 bits per heavy atom. The number of nitrogens with zero attached hydrogens (tertiary/aromatic N) is 1. The Morgan fingerprint density at radius 3 is 2.23 bits per heavy atom. The van der Waals surface area contributed by atoms with Gasteiger partial charge in [0.05, 0.1) is 0 Å². The zero-order valence-electron chi connectivity index (χ0n) is 17.5. The van der Waals surface area contributed by atoms with Crippen LogP contribution in [0, 0.1) is 10.5 Å². The number of amides is 1. The SMILES string of the molecule is Cc1ccccc1CN(C(=O)c1cccc2cccc(I)c12)C1Cc2ccccc2C1. The van der Waals surface area contributed by atoms with Crippen LogP contribution in [0.1, 0.15) is 32.6 Å². The van der Waals surface area contributed by atoms with Crippen molar-refractivity contribution in [1.82, 2.24) is 4.90 Å². The topological polar surface area (TPSA) is 20.3 Å². The molecular weight excluding hydrogens is 493 g/mol. The standard InChI is InChI=1S/C28H24INO/c1-19-8-2-3-11-23(19)18-30(24-16-21-9-4-5-10-22(21)17-24)28(31)25-14-6-12-20-13-7-15-26(29)27(20)25/h2-15,24H,16-18H2,1H3. The van der Waals surface area contributed by atoms with Crippen LogP contribution in [-0.4, -0.2) is 16.8 Å². The second-order valence-electron chi connectivity index (χ2n) is 8.33. The zero-order chi connectivity index (χ0) is 21.4. The summed E-state index contributed by atoms with van der Waals surface area (Å²) in [5, 5.41) is 2.17. The summed E-state index contributed by atoms with van der Waals surface area (Å²) in [6.07, 6.45) is 1.82. The Hall–Kier alpha value is -2.66. The van der Waals surface area contributed by atoms with E-state index in [1.807, 2.05) is 12.1 Å². The first-order chi connectivity index (χ1) is 15.1. The van der Waals surface area contributed by atoms with Crippen LogP contribution >= 0.6 is 22.6 Å². The lowest BCUT2D eigenvalue weighted by Crippen LogP contribution is -2.40. The molecule has 0 bridgehead atoms. The van der Waals surface area contributed by atoms with E-state index < -0.39 is 0 Å². The zero-order valence-corrected chi connectivity index (χ0v) is 19.7. The van der Waals surface area contributed by atoms with Crippen molar-refractivity contribution in [2.24, 2.45) is 0 Å². The van der Waals surface area contributed by atoms with Gasteiger partial charge in [-0.05, 0) is 82.1 Å². The first-order valence-electron chi connectivity index (χ1n) is 10.7. The van der Waals surface area contributed by atoms with Gasteiger partial charge in [0.2, 0.25) is 0 Å². The number of benzene rings is 4. The Balaban J connectivity index is 1.58. The Morgan fingerprint density at radius 1 is 0.871 bits per heavy atom. The lowest BCUT2D eigenvalue weighted by molar-refractivity contribution is 0.0669. The molecule has 0 unspecified atom stereocenters. The Bertz CT molecular complexity index is 1250. The molecule has 0 aliphatic heterocycles. The predicted octanol–water partition coefficient (Wildman–Crippen LogP) is 6.56. The molecule has 3 heteroatoms. The highest BCUT2D eigenvalue weighted by Crippen LogP contribution is 2.31. The number of hydrogen-bond donors (Lipinski definition) is 0. The largest absolute Gasteiger partial charge is 0.331 e. The highest BCUT2D eigenvalue weighted by Gasteiger charge is 2.31. The maximum absolute atomic E-state index is 14.1. The lowest BCUT2D eigenvalue weighted by atomic mass is 10.0. The van der Waals surface area contributed by atoms with E-state index >= 15 is 0 Å². The van der Waals surface area contributed by atoms with Gasteiger partial charge in [0, 0.05) is 27.1 Å². The molecule has 1 aliphatic carbocycles. The molecule has 0 fully saturated rings. The van der Waals surface area contributed by atoms with E-state index in [0.717, 1.165) is 32.7 Å². The third-order valence-corrected chi connectivity index (χ3v) is 7.32. The minimum atomic E-state index is 0.121. The number of fused-ring (bicyclic) bond motifs is 2. The molecular formula is C28H24INO. The molecule has 0 saturated heterocycles. The van der Waals surface area contributed by atoms with Crippen LogP contribution in [0.4, 0.5) is 0 Å². The summed E-state index contributed by atoms with van der Waals surface area (Å²) in [5.41, 5.74) is 5.96. The first kappa shape index (κ1) is 20.3. The molecule has 0 saturated carbocycles. The fraction of sp³-hybridized carbons (Fsp3) is 0.179. The van der Waals surface area contributed by atoms with Crippen LogP contribution in [0.2, 0.25) is 0 Å². The van der Waals surface area contributed by atoms with Crippen LogP contribution in [0.3, 0.4) is 0 Å². The van der Waals surface area contributed by atoms with Gasteiger partial charge in [0.15, 0.2) is 0 Å². The van der Waals surface area contributed by atoms with Gasteiger partial charge in [-0.2, -0.15) is 0 Å². The quantitative estimate of drug-likeness (QED) is 0.281. The fourth-order valence-corrected chi connectivity index (χ4v) is 5.53. The average Bonchev–Trinajstić information content (AvgIpc) is 3.22. The van der Waals surface area contributed by atoms with E-state index in [-0.39, 0.29) is 11.9 Å². The van der Waals surface area contributed by atoms with Crippen LogP contribution in [0.5, 0.6) is 0 Å². The summed E-state index contributed by atoms with van der Waals surface area (Å²) in [5.74, 6) is 0.121. The highest BCUT2D eigenvalue weighted by atomic mass is 127. The minimum Gasteiger partial charge on any atom is -0.331 e. The van der Waals surface area contributed by atoms with Crippen LogP contribution in [0.25, 0.3) is 10.8 Å². The molecule has 0 aromatic heterocycles. The molecule has 31 heavy (non-hydrogen) atoms. The van der Waals surface area contributed by atoms with Crippen molar-refractivity contribution >= 4 is 39.3 Å². The predicted molar refractivity (Wildman–Crippen MR) is 135 cm³/mol. The van der Waals surface area contributed by atoms with Gasteiger partial charge in [0.1, 0.15) is 0 Å². The normalized spacial score (nSPS) is 13.4. The number of hydrogen-bond acceptors (Lipinski definition) is 1. The van der Waals surface area contributed by atoms with Crippen molar-refractivity contribution in [2.45, 2.75) is 32.4 Å². The van der Waals surface area contributed by atoms with E-state index in [0.29, 0.717) is 6.54 Å². The van der Waals surface area contributed by atoms with Gasteiger partial charge in [-0.1, -0.05) is 72.8 Å². The van der Waals surface area contributed by atoms with Crippen LogP contribution < -0.4 is 0 Å². The number of carbonyl (C=O) groups is 1. The van der Waals surface area contributed by atoms with E-state index in [9.17, 15) is 4.79 Å². The minimum absolute atomic E-state index is 0.121. The maximum atomic E-state index is 14.1. The van der Waals surface area contributed by atoms with Gasteiger partial charge >= 0.3 is 0 Å². The van der Waals surface area contributed by atoms with Crippen LogP contribution in [-0.2, 0) is 19.4 Å². The summed E-state index contributed by atoms with van der Waals surface area (Å²) in [6.45, 7) is 2.76. The fourth-order valence-electron chi connectivity index (χ4n) is 4.72. The number of rotatable bonds is 4. The van der Waals surface area contributed by atoms with Crippen molar-refractivity contribution < 1.29 is 4.79 Å². The van der Waals surface area contributed by atoms with E-state index in [1.165, 1.54) is 22.3 Å². The molecule has 4 aromatic carbocycles. The summed E-state index contributed by atoms with van der Waals surface area (Å²) in [4.78, 5) is 16.2. The summed E-state index contributed by atoms with van der Waals surface area (Å²) in [7, 11) is 0. The Kier molecular flexibility index (Phi) is 5.53. The summed E-state index contributed by atoms with van der Waals surface area (Å²) >= 11 is 2.35. The lowest BCUT2D eigenvalue weighted by Gasteiger charge is -2.30. The molecule has 0 heterocycles. The first-order valence-corrected chi connectivity index (χ1v) is 11.8. The molecule has 0 radical (unpaired) electrons. The Labute approximate surface area is 197 Å². The molecule has 1 aliphatic rings. The van der Waals surface area contributed by atoms with Gasteiger partial charge in [-0.3, -0.25) is 4.79 Å². The molecule has 0 N–H and O–H groups in total. The van der Waals surface area contributed by atoms with E-state index in [1.54, 1.807) is 0 Å². The molecule has 5 rings (SSSR count). The second kappa shape index (κ2) is 8.46. The van der Waals surface area contributed by atoms with Gasteiger partial charge in [0.25, 0.3) is 5.91 Å². The summed E-state index contributed by atoms with van der Waals surface area (Å²) < 4.78 is 1.12. The molecule has 0 atom stereocenters. The molecule has 1 amide bonds. The van der Waals surface area contributed by atoms with Gasteiger partial charge in [-0.15, -0.1) is 0 Å². The summed E-state index contributed by atoms with van der Waals surface area (Å²) in [6, 6.07) is 29.5. The molecule has 0 spiro atoms. The van der Waals surface area contributed by atoms with Crippen molar-refractivity contribution in [3.05, 3.63) is 116 Å². The van der Waals surface area contributed by atoms with Crippen molar-refractivity contribution in [3.8, 4) is 0 Å². The van der Waals surface area contributed by atoms with Crippen molar-refractivity contribution in [3.63, 3.8) is 0 Å². The van der Waals surface area contributed by atoms with Gasteiger partial charge < -0.3 is 4.90 Å². The number of halogens is 1. The molecule has 154 valence electrons. The monoisotopic (exact) mass is 517 g/mol.